The summed E-state index contributed by atoms with van der Waals surface area (Å²) in [4.78, 5) is 17.1. The number of rotatable bonds is 6. The summed E-state index contributed by atoms with van der Waals surface area (Å²) in [6.07, 6.45) is 3.21. The minimum Gasteiger partial charge on any atom is -0.287 e. The van der Waals surface area contributed by atoms with Gasteiger partial charge in [-0.15, -0.1) is 21.8 Å². The highest BCUT2D eigenvalue weighted by atomic mass is 35.5. The van der Waals surface area contributed by atoms with Crippen LogP contribution in [0.25, 0.3) is 5.69 Å². The number of aromatic nitrogens is 4. The monoisotopic (exact) mass is 374 g/mol. The summed E-state index contributed by atoms with van der Waals surface area (Å²) in [7, 11) is 0. The molecule has 128 valence electrons. The van der Waals surface area contributed by atoms with Crippen molar-refractivity contribution in [2.45, 2.75) is 25.6 Å². The average molecular weight is 375 g/mol. The third kappa shape index (κ3) is 3.57. The molecule has 0 fully saturated rings. The largest absolute Gasteiger partial charge is 0.287 e. The van der Waals surface area contributed by atoms with Crippen LogP contribution < -0.4 is 0 Å². The van der Waals surface area contributed by atoms with Gasteiger partial charge in [-0.3, -0.25) is 14.3 Å². The van der Waals surface area contributed by atoms with Gasteiger partial charge in [-0.2, -0.15) is 0 Å². The first-order valence-electron chi connectivity index (χ1n) is 7.90. The van der Waals surface area contributed by atoms with Crippen LogP contribution in [0.1, 0.15) is 41.0 Å². The maximum atomic E-state index is 13.0. The molecule has 7 heteroatoms. The summed E-state index contributed by atoms with van der Waals surface area (Å²) in [5, 5.41) is 8.84. The Kier molecular flexibility index (Phi) is 5.46. The molecule has 0 saturated heterocycles. The molecule has 0 unspecified atom stereocenters. The molecule has 2 aromatic heterocycles. The third-order valence-corrected chi connectivity index (χ3v) is 4.21. The molecule has 0 aliphatic rings. The molecule has 1 aromatic carbocycles. The van der Waals surface area contributed by atoms with Crippen LogP contribution in [0, 0.1) is 0 Å². The minimum atomic E-state index is -0.213. The fraction of sp³-hybridized carbons (Fsp3) is 0.222. The summed E-state index contributed by atoms with van der Waals surface area (Å²) in [6, 6.07) is 10.4. The lowest BCUT2D eigenvalue weighted by Gasteiger charge is -2.14. The van der Waals surface area contributed by atoms with Gasteiger partial charge >= 0.3 is 0 Å². The Labute approximate surface area is 155 Å². The van der Waals surface area contributed by atoms with E-state index in [9.17, 15) is 4.79 Å². The Morgan fingerprint density at radius 1 is 1.16 bits per heavy atom. The number of ketones is 1. The molecule has 2 heterocycles. The summed E-state index contributed by atoms with van der Waals surface area (Å²) >= 11 is 12.2. The smallest absolute Gasteiger partial charge is 0.213 e. The van der Waals surface area contributed by atoms with Gasteiger partial charge in [0.05, 0.1) is 11.6 Å². The number of carbonyl (C=O) groups is 1. The van der Waals surface area contributed by atoms with Crippen LogP contribution in [0.4, 0.5) is 0 Å². The molecule has 0 atom stereocenters. The van der Waals surface area contributed by atoms with E-state index < -0.39 is 0 Å². The SMILES string of the molecule is CCCc1nnc(CCl)n1-c1ccc(Cl)cc1C(=O)c1ccccn1. The molecule has 0 bridgehead atoms. The molecular formula is C18H16Cl2N4O. The molecular weight excluding hydrogens is 359 g/mol. The number of halogens is 2. The molecule has 0 N–H and O–H groups in total. The number of aryl methyl sites for hydroxylation is 1. The standard InChI is InChI=1S/C18H16Cl2N4O/c1-2-5-16-22-23-17(11-19)24(16)15-8-7-12(20)10-13(15)18(25)14-6-3-4-9-21-14/h3-4,6-10H,2,5,11H2,1H3. The van der Waals surface area contributed by atoms with Gasteiger partial charge in [0.1, 0.15) is 11.5 Å². The second-order valence-corrected chi connectivity index (χ2v) is 6.16. The number of carbonyl (C=O) groups excluding carboxylic acids is 1. The quantitative estimate of drug-likeness (QED) is 0.478. The van der Waals surface area contributed by atoms with E-state index in [-0.39, 0.29) is 11.7 Å². The van der Waals surface area contributed by atoms with Crippen LogP contribution in [0.2, 0.25) is 5.02 Å². The third-order valence-electron chi connectivity index (χ3n) is 3.73. The second kappa shape index (κ2) is 7.76. The molecule has 0 saturated carbocycles. The molecule has 0 aliphatic carbocycles. The van der Waals surface area contributed by atoms with Crippen molar-refractivity contribution in [1.82, 2.24) is 19.7 Å². The van der Waals surface area contributed by atoms with Crippen molar-refractivity contribution in [1.29, 1.82) is 0 Å². The normalized spacial score (nSPS) is 10.8. The molecule has 3 aromatic rings. The van der Waals surface area contributed by atoms with Crippen molar-refractivity contribution in [2.75, 3.05) is 0 Å². The van der Waals surface area contributed by atoms with Crippen LogP contribution in [0.3, 0.4) is 0 Å². The molecule has 25 heavy (non-hydrogen) atoms. The highest BCUT2D eigenvalue weighted by molar-refractivity contribution is 6.31. The highest BCUT2D eigenvalue weighted by Gasteiger charge is 2.21. The zero-order chi connectivity index (χ0) is 17.8. The molecule has 0 radical (unpaired) electrons. The topological polar surface area (TPSA) is 60.7 Å². The number of pyridine rings is 1. The van der Waals surface area contributed by atoms with Crippen LogP contribution in [-0.4, -0.2) is 25.5 Å². The molecule has 0 spiro atoms. The van der Waals surface area contributed by atoms with Crippen molar-refractivity contribution < 1.29 is 4.79 Å². The summed E-state index contributed by atoms with van der Waals surface area (Å²) in [5.41, 5.74) is 1.45. The van der Waals surface area contributed by atoms with E-state index in [0.717, 1.165) is 18.7 Å². The van der Waals surface area contributed by atoms with Crippen molar-refractivity contribution in [3.05, 3.63) is 70.5 Å². The van der Waals surface area contributed by atoms with Crippen molar-refractivity contribution in [2.24, 2.45) is 0 Å². The maximum Gasteiger partial charge on any atom is 0.213 e. The Morgan fingerprint density at radius 3 is 2.64 bits per heavy atom. The van der Waals surface area contributed by atoms with Crippen LogP contribution in [0.15, 0.2) is 42.6 Å². The molecule has 0 aliphatic heterocycles. The minimum absolute atomic E-state index is 0.191. The Hall–Kier alpha value is -2.24. The van der Waals surface area contributed by atoms with E-state index in [2.05, 4.69) is 22.1 Å². The van der Waals surface area contributed by atoms with E-state index in [0.29, 0.717) is 27.8 Å². The molecule has 0 amide bonds. The van der Waals surface area contributed by atoms with E-state index in [1.165, 1.54) is 0 Å². The number of nitrogens with zero attached hydrogens (tertiary/aromatic N) is 4. The highest BCUT2D eigenvalue weighted by Crippen LogP contribution is 2.25. The van der Waals surface area contributed by atoms with Crippen molar-refractivity contribution in [3.63, 3.8) is 0 Å². The van der Waals surface area contributed by atoms with Gasteiger partial charge in [0.15, 0.2) is 5.82 Å². The second-order valence-electron chi connectivity index (χ2n) is 5.46. The van der Waals surface area contributed by atoms with E-state index >= 15 is 0 Å². The zero-order valence-corrected chi connectivity index (χ0v) is 15.1. The Balaban J connectivity index is 2.19. The van der Waals surface area contributed by atoms with Crippen molar-refractivity contribution >= 4 is 29.0 Å². The fourth-order valence-corrected chi connectivity index (χ4v) is 2.97. The van der Waals surface area contributed by atoms with Gasteiger partial charge in [-0.05, 0) is 36.8 Å². The van der Waals surface area contributed by atoms with Gasteiger partial charge in [0.25, 0.3) is 0 Å². The summed E-state index contributed by atoms with van der Waals surface area (Å²) in [6.45, 7) is 2.06. The predicted octanol–water partition coefficient (Wildman–Crippen LogP) is 4.24. The van der Waals surface area contributed by atoms with Gasteiger partial charge in [-0.25, -0.2) is 0 Å². The van der Waals surface area contributed by atoms with Crippen LogP contribution in [0.5, 0.6) is 0 Å². The van der Waals surface area contributed by atoms with Crippen LogP contribution >= 0.6 is 23.2 Å². The van der Waals surface area contributed by atoms with Crippen molar-refractivity contribution in [3.8, 4) is 5.69 Å². The maximum absolute atomic E-state index is 13.0. The Morgan fingerprint density at radius 2 is 1.96 bits per heavy atom. The van der Waals surface area contributed by atoms with E-state index in [4.69, 9.17) is 23.2 Å². The number of benzene rings is 1. The lowest BCUT2D eigenvalue weighted by molar-refractivity contribution is 0.103. The van der Waals surface area contributed by atoms with Gasteiger partial charge in [-0.1, -0.05) is 24.6 Å². The molecule has 5 nitrogen and oxygen atoms in total. The van der Waals surface area contributed by atoms with Gasteiger partial charge in [0.2, 0.25) is 5.78 Å². The predicted molar refractivity (Wildman–Crippen MR) is 97.6 cm³/mol. The number of hydrogen-bond acceptors (Lipinski definition) is 4. The summed E-state index contributed by atoms with van der Waals surface area (Å²) in [5.74, 6) is 1.32. The number of hydrogen-bond donors (Lipinski definition) is 0. The van der Waals surface area contributed by atoms with Gasteiger partial charge in [0, 0.05) is 23.2 Å². The lowest BCUT2D eigenvalue weighted by Crippen LogP contribution is -2.12. The first-order chi connectivity index (χ1) is 12.2. The van der Waals surface area contributed by atoms with Crippen LogP contribution in [-0.2, 0) is 12.3 Å². The first kappa shape index (κ1) is 17.6. The fourth-order valence-electron chi connectivity index (χ4n) is 2.62. The number of alkyl halides is 1. The first-order valence-corrected chi connectivity index (χ1v) is 8.81. The zero-order valence-electron chi connectivity index (χ0n) is 13.6. The van der Waals surface area contributed by atoms with Gasteiger partial charge < -0.3 is 0 Å². The molecule has 3 rings (SSSR count). The van der Waals surface area contributed by atoms with E-state index in [1.54, 1.807) is 42.6 Å². The summed E-state index contributed by atoms with van der Waals surface area (Å²) < 4.78 is 1.84. The Bertz CT molecular complexity index is 893. The lowest BCUT2D eigenvalue weighted by atomic mass is 10.0. The average Bonchev–Trinajstić information content (AvgIpc) is 3.05. The van der Waals surface area contributed by atoms with E-state index in [1.807, 2.05) is 4.57 Å².